The molecule has 0 atom stereocenters. The predicted octanol–water partition coefficient (Wildman–Crippen LogP) is 3.59. The Morgan fingerprint density at radius 2 is 2.04 bits per heavy atom. The molecule has 0 aliphatic carbocycles. The molecule has 10 heteroatoms. The molecule has 0 aliphatic rings. The quantitative estimate of drug-likeness (QED) is 0.411. The topological polar surface area (TPSA) is 104 Å². The predicted molar refractivity (Wildman–Crippen MR) is 92.7 cm³/mol. The number of rotatable bonds is 9. The van der Waals surface area contributed by atoms with Crippen LogP contribution in [0.25, 0.3) is 0 Å². The van der Waals surface area contributed by atoms with Crippen molar-refractivity contribution < 1.29 is 17.2 Å². The van der Waals surface area contributed by atoms with E-state index >= 15 is 0 Å². The van der Waals surface area contributed by atoms with Crippen LogP contribution in [0.15, 0.2) is 46.1 Å². The van der Waals surface area contributed by atoms with Gasteiger partial charge in [0.15, 0.2) is 0 Å². The summed E-state index contributed by atoms with van der Waals surface area (Å²) < 4.78 is 33.8. The third kappa shape index (κ3) is 6.32. The van der Waals surface area contributed by atoms with Gasteiger partial charge in [-0.2, -0.15) is 8.42 Å². The van der Waals surface area contributed by atoms with E-state index in [4.69, 9.17) is 4.55 Å². The SMILES string of the molecule is CCN(CCCOS(=O)(=O)O)c1ccc(/N=N/c2nccs2)cc1. The highest BCUT2D eigenvalue weighted by atomic mass is 32.3. The van der Waals surface area contributed by atoms with E-state index in [9.17, 15) is 8.42 Å². The molecule has 2 rings (SSSR count). The molecule has 1 aromatic heterocycles. The minimum Gasteiger partial charge on any atom is -0.372 e. The zero-order valence-corrected chi connectivity index (χ0v) is 14.7. The number of nitrogens with zero attached hydrogens (tertiary/aromatic N) is 4. The Morgan fingerprint density at radius 1 is 1.29 bits per heavy atom. The molecule has 0 aliphatic heterocycles. The van der Waals surface area contributed by atoms with Gasteiger partial charge in [-0.1, -0.05) is 0 Å². The summed E-state index contributed by atoms with van der Waals surface area (Å²) in [6.45, 7) is 3.30. The summed E-state index contributed by atoms with van der Waals surface area (Å²) in [6.07, 6.45) is 2.14. The summed E-state index contributed by atoms with van der Waals surface area (Å²) in [7, 11) is -4.37. The molecule has 0 saturated carbocycles. The molecule has 1 N–H and O–H groups in total. The lowest BCUT2D eigenvalue weighted by atomic mass is 10.2. The summed E-state index contributed by atoms with van der Waals surface area (Å²) in [6, 6.07) is 7.54. The average molecular weight is 370 g/mol. The average Bonchev–Trinajstić information content (AvgIpc) is 3.06. The number of hydrogen-bond acceptors (Lipinski definition) is 8. The molecule has 0 saturated heterocycles. The van der Waals surface area contributed by atoms with Gasteiger partial charge in [0.2, 0.25) is 5.13 Å². The summed E-state index contributed by atoms with van der Waals surface area (Å²) in [5, 5.41) is 10.6. The standard InChI is InChI=1S/C14H18N4O4S2/c1-2-18(9-3-10-22-24(19,20)21)13-6-4-12(5-7-13)16-17-14-15-8-11-23-14/h4-8,11H,2-3,9-10H2,1H3,(H,19,20,21)/b17-16+. The second-order valence-electron chi connectivity index (χ2n) is 4.71. The number of hydrogen-bond donors (Lipinski definition) is 1. The fourth-order valence-corrected chi connectivity index (χ4v) is 2.77. The fourth-order valence-electron chi connectivity index (χ4n) is 1.99. The van der Waals surface area contributed by atoms with Gasteiger partial charge in [-0.05, 0) is 37.6 Å². The first-order valence-electron chi connectivity index (χ1n) is 7.26. The number of thiazole rings is 1. The molecule has 8 nitrogen and oxygen atoms in total. The first kappa shape index (κ1) is 18.5. The molecular weight excluding hydrogens is 352 g/mol. The zero-order chi connectivity index (χ0) is 17.4. The summed E-state index contributed by atoms with van der Waals surface area (Å²) in [5.74, 6) is 0. The lowest BCUT2D eigenvalue weighted by molar-refractivity contribution is 0.266. The Kier molecular flexibility index (Phi) is 6.79. The summed E-state index contributed by atoms with van der Waals surface area (Å²) in [4.78, 5) is 6.09. The van der Waals surface area contributed by atoms with Crippen LogP contribution in [-0.2, 0) is 14.6 Å². The van der Waals surface area contributed by atoms with Crippen LogP contribution in [0.4, 0.5) is 16.5 Å². The van der Waals surface area contributed by atoms with Crippen LogP contribution in [0.2, 0.25) is 0 Å². The van der Waals surface area contributed by atoms with Gasteiger partial charge in [0.25, 0.3) is 0 Å². The summed E-state index contributed by atoms with van der Waals surface area (Å²) in [5.41, 5.74) is 1.71. The second-order valence-corrected chi connectivity index (χ2v) is 6.68. The number of azo groups is 1. The molecule has 0 radical (unpaired) electrons. The largest absolute Gasteiger partial charge is 0.397 e. The van der Waals surface area contributed by atoms with Crippen molar-refractivity contribution >= 4 is 38.2 Å². The molecule has 1 aromatic carbocycles. The van der Waals surface area contributed by atoms with Crippen LogP contribution in [0.5, 0.6) is 0 Å². The van der Waals surface area contributed by atoms with Crippen molar-refractivity contribution in [2.45, 2.75) is 13.3 Å². The van der Waals surface area contributed by atoms with Crippen molar-refractivity contribution in [2.75, 3.05) is 24.6 Å². The molecule has 0 fully saturated rings. The van der Waals surface area contributed by atoms with Gasteiger partial charge < -0.3 is 4.90 Å². The van der Waals surface area contributed by atoms with Gasteiger partial charge in [-0.15, -0.1) is 21.6 Å². The maximum absolute atomic E-state index is 10.5. The van der Waals surface area contributed by atoms with Gasteiger partial charge in [-0.25, -0.2) is 9.17 Å². The Balaban J connectivity index is 1.89. The van der Waals surface area contributed by atoms with Crippen molar-refractivity contribution in [1.82, 2.24) is 4.98 Å². The fraction of sp³-hybridized carbons (Fsp3) is 0.357. The zero-order valence-electron chi connectivity index (χ0n) is 13.1. The number of benzene rings is 1. The van der Waals surface area contributed by atoms with Crippen molar-refractivity contribution in [3.05, 3.63) is 35.8 Å². The van der Waals surface area contributed by atoms with Gasteiger partial charge in [0.1, 0.15) is 0 Å². The molecule has 130 valence electrons. The molecule has 0 amide bonds. The van der Waals surface area contributed by atoms with Gasteiger partial charge in [0.05, 0.1) is 12.3 Å². The molecule has 0 spiro atoms. The van der Waals surface area contributed by atoms with E-state index in [2.05, 4.69) is 24.3 Å². The highest BCUT2D eigenvalue weighted by Crippen LogP contribution is 2.23. The van der Waals surface area contributed by atoms with Crippen LogP contribution in [0.1, 0.15) is 13.3 Å². The van der Waals surface area contributed by atoms with E-state index < -0.39 is 10.4 Å². The highest BCUT2D eigenvalue weighted by molar-refractivity contribution is 7.80. The Bertz CT molecular complexity index is 746. The maximum atomic E-state index is 10.5. The number of anilines is 1. The first-order valence-corrected chi connectivity index (χ1v) is 9.50. The molecule has 2 aromatic rings. The highest BCUT2D eigenvalue weighted by Gasteiger charge is 2.07. The van der Waals surface area contributed by atoms with Crippen LogP contribution in [0, 0.1) is 0 Å². The lowest BCUT2D eigenvalue weighted by Gasteiger charge is -2.22. The Labute approximate surface area is 144 Å². The van der Waals surface area contributed by atoms with Crippen LogP contribution < -0.4 is 4.90 Å². The lowest BCUT2D eigenvalue weighted by Crippen LogP contribution is -2.25. The Morgan fingerprint density at radius 3 is 2.62 bits per heavy atom. The van der Waals surface area contributed by atoms with Crippen LogP contribution in [0.3, 0.4) is 0 Å². The van der Waals surface area contributed by atoms with Gasteiger partial charge in [-0.3, -0.25) is 4.55 Å². The van der Waals surface area contributed by atoms with Crippen LogP contribution in [-0.4, -0.2) is 37.7 Å². The smallest absolute Gasteiger partial charge is 0.372 e. The van der Waals surface area contributed by atoms with Crippen molar-refractivity contribution in [3.8, 4) is 0 Å². The molecule has 0 bridgehead atoms. The maximum Gasteiger partial charge on any atom is 0.397 e. The van der Waals surface area contributed by atoms with Gasteiger partial charge >= 0.3 is 10.4 Å². The van der Waals surface area contributed by atoms with Crippen molar-refractivity contribution in [1.29, 1.82) is 0 Å². The normalized spacial score (nSPS) is 11.9. The van der Waals surface area contributed by atoms with Crippen molar-refractivity contribution in [3.63, 3.8) is 0 Å². The van der Waals surface area contributed by atoms with E-state index in [1.165, 1.54) is 11.3 Å². The van der Waals surface area contributed by atoms with E-state index in [0.29, 0.717) is 18.1 Å². The summed E-state index contributed by atoms with van der Waals surface area (Å²) >= 11 is 1.41. The Hall–Kier alpha value is -1.88. The third-order valence-electron chi connectivity index (χ3n) is 3.07. The van der Waals surface area contributed by atoms with E-state index in [1.807, 2.05) is 36.6 Å². The van der Waals surface area contributed by atoms with E-state index in [0.717, 1.165) is 17.9 Å². The minimum atomic E-state index is -4.37. The molecule has 24 heavy (non-hydrogen) atoms. The second kappa shape index (κ2) is 8.83. The van der Waals surface area contributed by atoms with Crippen molar-refractivity contribution in [2.24, 2.45) is 10.2 Å². The monoisotopic (exact) mass is 370 g/mol. The third-order valence-corrected chi connectivity index (χ3v) is 4.19. The first-order chi connectivity index (χ1) is 11.5. The molecular formula is C14H18N4O4S2. The molecule has 1 heterocycles. The van der Waals surface area contributed by atoms with Crippen LogP contribution >= 0.6 is 11.3 Å². The van der Waals surface area contributed by atoms with E-state index in [1.54, 1.807) is 6.20 Å². The minimum absolute atomic E-state index is 0.0601. The molecule has 0 unspecified atom stereocenters. The number of aromatic nitrogens is 1. The van der Waals surface area contributed by atoms with Gasteiger partial charge in [0, 0.05) is 30.4 Å². The van der Waals surface area contributed by atoms with E-state index in [-0.39, 0.29) is 6.61 Å².